The molecule has 0 aliphatic carbocycles. The van der Waals surface area contributed by atoms with Crippen molar-refractivity contribution in [3.63, 3.8) is 0 Å². The lowest BCUT2D eigenvalue weighted by molar-refractivity contribution is 0.102. The molecule has 0 aliphatic rings. The van der Waals surface area contributed by atoms with E-state index in [4.69, 9.17) is 5.41 Å². The van der Waals surface area contributed by atoms with Crippen molar-refractivity contribution in [2.45, 2.75) is 33.1 Å². The molecular weight excluding hydrogens is 444 g/mol. The molecule has 2 heterocycles. The highest BCUT2D eigenvalue weighted by Crippen LogP contribution is 2.33. The maximum atomic E-state index is 13.1. The molecular formula is C31H30N4O. The molecule has 0 spiro atoms. The van der Waals surface area contributed by atoms with Crippen LogP contribution in [0, 0.1) is 12.3 Å². The normalized spacial score (nSPS) is 11.6. The number of rotatable bonds is 4. The molecule has 5 nitrogen and oxygen atoms in total. The van der Waals surface area contributed by atoms with E-state index < -0.39 is 0 Å². The zero-order chi connectivity index (χ0) is 25.4. The summed E-state index contributed by atoms with van der Waals surface area (Å²) in [4.78, 5) is 16.3. The second kappa shape index (κ2) is 9.00. The van der Waals surface area contributed by atoms with Crippen molar-refractivity contribution in [1.82, 2.24) is 9.55 Å². The molecule has 2 aromatic heterocycles. The molecule has 0 unspecified atom stereocenters. The van der Waals surface area contributed by atoms with Crippen LogP contribution < -0.4 is 10.8 Å². The van der Waals surface area contributed by atoms with E-state index in [1.807, 2.05) is 96.7 Å². The summed E-state index contributed by atoms with van der Waals surface area (Å²) in [5, 5.41) is 12.8. The molecule has 0 saturated heterocycles. The summed E-state index contributed by atoms with van der Waals surface area (Å²) in [6.07, 6.45) is 3.87. The molecule has 0 radical (unpaired) electrons. The Bertz CT molecular complexity index is 1620. The highest BCUT2D eigenvalue weighted by molar-refractivity contribution is 6.05. The Kier molecular flexibility index (Phi) is 5.84. The quantitative estimate of drug-likeness (QED) is 0.259. The first-order valence-corrected chi connectivity index (χ1v) is 12.1. The lowest BCUT2D eigenvalue weighted by atomic mass is 9.86. The number of para-hydroxylation sites is 1. The van der Waals surface area contributed by atoms with Gasteiger partial charge in [-0.2, -0.15) is 0 Å². The number of carbonyl (C=O) groups excluding carboxylic acids is 1. The number of pyridine rings is 1. The van der Waals surface area contributed by atoms with Crippen molar-refractivity contribution in [3.05, 3.63) is 113 Å². The summed E-state index contributed by atoms with van der Waals surface area (Å²) < 4.78 is 1.88. The van der Waals surface area contributed by atoms with E-state index >= 15 is 0 Å². The molecule has 0 bridgehead atoms. The van der Waals surface area contributed by atoms with E-state index in [2.05, 4.69) is 37.1 Å². The van der Waals surface area contributed by atoms with Crippen LogP contribution in [0.2, 0.25) is 0 Å². The van der Waals surface area contributed by atoms with Crippen LogP contribution in [0.3, 0.4) is 0 Å². The third kappa shape index (κ3) is 4.24. The summed E-state index contributed by atoms with van der Waals surface area (Å²) in [6, 6.07) is 25.6. The predicted molar refractivity (Wildman–Crippen MR) is 147 cm³/mol. The highest BCUT2D eigenvalue weighted by Gasteiger charge is 2.17. The Hall–Kier alpha value is -4.38. The van der Waals surface area contributed by atoms with Crippen molar-refractivity contribution in [1.29, 1.82) is 5.41 Å². The Morgan fingerprint density at radius 3 is 2.31 bits per heavy atom. The predicted octanol–water partition coefficient (Wildman–Crippen LogP) is 6.96. The number of amides is 1. The van der Waals surface area contributed by atoms with E-state index in [1.165, 1.54) is 5.56 Å². The second-order valence-corrected chi connectivity index (χ2v) is 10.1. The van der Waals surface area contributed by atoms with Crippen LogP contribution in [0.4, 0.5) is 5.69 Å². The van der Waals surface area contributed by atoms with Crippen LogP contribution in [-0.4, -0.2) is 15.5 Å². The number of anilines is 1. The zero-order valence-electron chi connectivity index (χ0n) is 21.0. The molecule has 0 atom stereocenters. The van der Waals surface area contributed by atoms with E-state index in [9.17, 15) is 4.79 Å². The number of aromatic nitrogens is 2. The molecule has 5 heteroatoms. The van der Waals surface area contributed by atoms with Crippen LogP contribution in [0.5, 0.6) is 0 Å². The lowest BCUT2D eigenvalue weighted by Crippen LogP contribution is -2.19. The largest absolute Gasteiger partial charge is 0.358 e. The van der Waals surface area contributed by atoms with Gasteiger partial charge in [-0.3, -0.25) is 14.8 Å². The molecule has 0 saturated carbocycles. The second-order valence-electron chi connectivity index (χ2n) is 10.1. The number of H-pyrrole nitrogens is 1. The minimum Gasteiger partial charge on any atom is -0.358 e. The SMILES string of the molecule is Cc1c(NC(=O)c2ccc(C(C)(C)C)cc2)cccc1-c1cn(-c2ccccc2)c(=N)c2[nH]ccc12. The molecule has 36 heavy (non-hydrogen) atoms. The number of aromatic amines is 1. The van der Waals surface area contributed by atoms with Crippen molar-refractivity contribution in [3.8, 4) is 16.8 Å². The molecule has 1 amide bonds. The summed E-state index contributed by atoms with van der Waals surface area (Å²) in [6.45, 7) is 8.50. The van der Waals surface area contributed by atoms with Gasteiger partial charge in [-0.25, -0.2) is 0 Å². The summed E-state index contributed by atoms with van der Waals surface area (Å²) in [5.41, 5.74) is 7.67. The van der Waals surface area contributed by atoms with Gasteiger partial charge in [0.15, 0.2) is 5.49 Å². The number of nitrogens with one attached hydrogen (secondary N) is 3. The van der Waals surface area contributed by atoms with Gasteiger partial charge < -0.3 is 10.3 Å². The lowest BCUT2D eigenvalue weighted by Gasteiger charge is -2.19. The molecule has 0 aliphatic heterocycles. The standard InChI is InChI=1S/C31H30N4O/c1-20-24(11-8-12-27(20)34-30(36)21-13-15-22(16-14-21)31(2,3)4)26-19-35(23-9-6-5-7-10-23)29(32)28-25(26)17-18-33-28/h5-19,32-33H,1-4H3,(H,34,36). The maximum absolute atomic E-state index is 13.1. The fourth-order valence-electron chi connectivity index (χ4n) is 4.56. The first-order valence-electron chi connectivity index (χ1n) is 12.1. The number of fused-ring (bicyclic) bond motifs is 1. The highest BCUT2D eigenvalue weighted by atomic mass is 16.1. The third-order valence-corrected chi connectivity index (χ3v) is 6.69. The van der Waals surface area contributed by atoms with E-state index in [-0.39, 0.29) is 11.3 Å². The Morgan fingerprint density at radius 2 is 1.61 bits per heavy atom. The average Bonchev–Trinajstić information content (AvgIpc) is 3.37. The number of nitrogens with zero attached hydrogens (tertiary/aromatic N) is 1. The summed E-state index contributed by atoms with van der Waals surface area (Å²) >= 11 is 0. The molecule has 5 rings (SSSR count). The average molecular weight is 475 g/mol. The topological polar surface area (TPSA) is 73.7 Å². The smallest absolute Gasteiger partial charge is 0.255 e. The molecule has 5 aromatic rings. The first kappa shape index (κ1) is 23.4. The fourth-order valence-corrected chi connectivity index (χ4v) is 4.56. The first-order chi connectivity index (χ1) is 17.2. The van der Waals surface area contributed by atoms with Crippen molar-refractivity contribution < 1.29 is 4.79 Å². The number of carbonyl (C=O) groups is 1. The molecule has 3 N–H and O–H groups in total. The van der Waals surface area contributed by atoms with E-state index in [0.29, 0.717) is 11.1 Å². The van der Waals surface area contributed by atoms with Crippen molar-refractivity contribution in [2.24, 2.45) is 0 Å². The van der Waals surface area contributed by atoms with Gasteiger partial charge in [0.25, 0.3) is 5.91 Å². The van der Waals surface area contributed by atoms with Crippen molar-refractivity contribution in [2.75, 3.05) is 5.32 Å². The van der Waals surface area contributed by atoms with Crippen molar-refractivity contribution >= 4 is 22.5 Å². The molecule has 0 fully saturated rings. The summed E-state index contributed by atoms with van der Waals surface area (Å²) in [5.74, 6) is -0.136. The summed E-state index contributed by atoms with van der Waals surface area (Å²) in [7, 11) is 0. The van der Waals surface area contributed by atoms with Gasteiger partial charge in [0, 0.05) is 40.3 Å². The van der Waals surface area contributed by atoms with Crippen LogP contribution in [0.1, 0.15) is 42.3 Å². The Labute approximate surface area is 211 Å². The Balaban J connectivity index is 1.55. The van der Waals surface area contributed by atoms with Gasteiger partial charge >= 0.3 is 0 Å². The minimum atomic E-state index is -0.136. The van der Waals surface area contributed by atoms with Crippen LogP contribution in [-0.2, 0) is 5.41 Å². The van der Waals surface area contributed by atoms with Crippen LogP contribution >= 0.6 is 0 Å². The van der Waals surface area contributed by atoms with Gasteiger partial charge in [0.05, 0.1) is 5.52 Å². The van der Waals surface area contributed by atoms with Gasteiger partial charge in [0.1, 0.15) is 0 Å². The van der Waals surface area contributed by atoms with Crippen LogP contribution in [0.15, 0.2) is 91.3 Å². The van der Waals surface area contributed by atoms with Gasteiger partial charge in [-0.1, -0.05) is 63.2 Å². The monoisotopic (exact) mass is 474 g/mol. The van der Waals surface area contributed by atoms with E-state index in [0.717, 1.165) is 39.0 Å². The molecule has 180 valence electrons. The number of benzene rings is 3. The van der Waals surface area contributed by atoms with Gasteiger partial charge in [0.2, 0.25) is 0 Å². The zero-order valence-corrected chi connectivity index (χ0v) is 21.0. The maximum Gasteiger partial charge on any atom is 0.255 e. The van der Waals surface area contributed by atoms with Crippen LogP contribution in [0.25, 0.3) is 27.7 Å². The molecule has 3 aromatic carbocycles. The van der Waals surface area contributed by atoms with Gasteiger partial charge in [-0.05, 0) is 65.4 Å². The van der Waals surface area contributed by atoms with E-state index in [1.54, 1.807) is 0 Å². The third-order valence-electron chi connectivity index (χ3n) is 6.69. The fraction of sp³-hybridized carbons (Fsp3) is 0.161. The van der Waals surface area contributed by atoms with Gasteiger partial charge in [-0.15, -0.1) is 0 Å². The number of hydrogen-bond acceptors (Lipinski definition) is 2. The minimum absolute atomic E-state index is 0.0364. The Morgan fingerprint density at radius 1 is 0.889 bits per heavy atom. The number of hydrogen-bond donors (Lipinski definition) is 3.